The molecular formula is C25H30FN3O2. The Morgan fingerprint density at radius 3 is 2.65 bits per heavy atom. The molecule has 2 heterocycles. The average Bonchev–Trinajstić information content (AvgIpc) is 3.34. The summed E-state index contributed by atoms with van der Waals surface area (Å²) in [7, 11) is 0. The quantitative estimate of drug-likeness (QED) is 0.779. The zero-order valence-corrected chi connectivity index (χ0v) is 18.0. The van der Waals surface area contributed by atoms with E-state index in [0.29, 0.717) is 31.5 Å². The van der Waals surface area contributed by atoms with Crippen molar-refractivity contribution >= 4 is 11.8 Å². The number of piperidine rings is 1. The van der Waals surface area contributed by atoms with E-state index in [1.807, 2.05) is 23.1 Å². The molecule has 0 bridgehead atoms. The highest BCUT2D eigenvalue weighted by molar-refractivity contribution is 5.83. The first-order valence-electron chi connectivity index (χ1n) is 11.3. The van der Waals surface area contributed by atoms with Gasteiger partial charge in [0.2, 0.25) is 11.8 Å². The normalized spacial score (nSPS) is 21.8. The summed E-state index contributed by atoms with van der Waals surface area (Å²) in [5.41, 5.74) is 2.49. The lowest BCUT2D eigenvalue weighted by atomic mass is 9.86. The number of aryl methyl sites for hydroxylation is 1. The molecule has 2 amide bonds. The van der Waals surface area contributed by atoms with Crippen LogP contribution in [0.5, 0.6) is 0 Å². The van der Waals surface area contributed by atoms with Crippen LogP contribution < -0.4 is 5.32 Å². The minimum absolute atomic E-state index is 0.0261. The molecule has 0 unspecified atom stereocenters. The molecule has 1 N–H and O–H groups in total. The first-order valence-corrected chi connectivity index (χ1v) is 11.3. The van der Waals surface area contributed by atoms with Gasteiger partial charge >= 0.3 is 0 Å². The number of hydrogen-bond donors (Lipinski definition) is 1. The van der Waals surface area contributed by atoms with Gasteiger partial charge in [-0.15, -0.1) is 0 Å². The Labute approximate surface area is 183 Å². The number of amides is 2. The van der Waals surface area contributed by atoms with Crippen molar-refractivity contribution in [1.82, 2.24) is 15.2 Å². The Morgan fingerprint density at radius 1 is 1.13 bits per heavy atom. The number of pyridine rings is 1. The summed E-state index contributed by atoms with van der Waals surface area (Å²) >= 11 is 0. The first kappa shape index (κ1) is 21.5. The third-order valence-corrected chi connectivity index (χ3v) is 6.70. The number of rotatable bonds is 5. The Kier molecular flexibility index (Phi) is 6.64. The molecule has 0 radical (unpaired) electrons. The molecule has 1 aromatic heterocycles. The summed E-state index contributed by atoms with van der Waals surface area (Å²) in [4.78, 5) is 32.3. The lowest BCUT2D eigenvalue weighted by Gasteiger charge is -2.41. The van der Waals surface area contributed by atoms with Crippen molar-refractivity contribution < 1.29 is 14.0 Å². The van der Waals surface area contributed by atoms with Gasteiger partial charge in [-0.1, -0.05) is 31.0 Å². The smallest absolute Gasteiger partial charge is 0.226 e. The number of hydrogen-bond acceptors (Lipinski definition) is 3. The van der Waals surface area contributed by atoms with E-state index < -0.39 is 0 Å². The number of aromatic nitrogens is 1. The minimum atomic E-state index is -0.236. The molecule has 2 fully saturated rings. The van der Waals surface area contributed by atoms with Gasteiger partial charge in [0.15, 0.2) is 0 Å². The highest BCUT2D eigenvalue weighted by atomic mass is 19.1. The number of carbonyl (C=O) groups excluding carboxylic acids is 2. The van der Waals surface area contributed by atoms with Crippen LogP contribution in [0.15, 0.2) is 42.7 Å². The van der Waals surface area contributed by atoms with Crippen LogP contribution in [0.1, 0.15) is 61.3 Å². The molecule has 5 nitrogen and oxygen atoms in total. The third-order valence-electron chi connectivity index (χ3n) is 6.70. The third kappa shape index (κ3) is 4.94. The Morgan fingerprint density at radius 2 is 1.94 bits per heavy atom. The monoisotopic (exact) mass is 423 g/mol. The Hall–Kier alpha value is -2.76. The van der Waals surface area contributed by atoms with E-state index in [1.165, 1.54) is 6.07 Å². The predicted molar refractivity (Wildman–Crippen MR) is 116 cm³/mol. The van der Waals surface area contributed by atoms with Gasteiger partial charge in [-0.05, 0) is 61.4 Å². The SMILES string of the molecule is Cc1cc([C@H]2CC[C@@H](C(=O)NCc3cccnc3)CN2C(=O)C2CCCC2)ccc1F. The Bertz CT molecular complexity index is 928. The van der Waals surface area contributed by atoms with Crippen molar-refractivity contribution in [3.8, 4) is 0 Å². The van der Waals surface area contributed by atoms with Gasteiger partial charge in [0.1, 0.15) is 5.82 Å². The maximum Gasteiger partial charge on any atom is 0.226 e. The van der Waals surface area contributed by atoms with Crippen LogP contribution in [0.3, 0.4) is 0 Å². The molecule has 2 aromatic rings. The topological polar surface area (TPSA) is 62.3 Å². The van der Waals surface area contributed by atoms with E-state index in [0.717, 1.165) is 36.8 Å². The molecule has 1 aliphatic heterocycles. The van der Waals surface area contributed by atoms with Gasteiger partial charge in [0.05, 0.1) is 12.0 Å². The largest absolute Gasteiger partial charge is 0.352 e. The first-order chi connectivity index (χ1) is 15.0. The molecule has 4 rings (SSSR count). The van der Waals surface area contributed by atoms with Crippen molar-refractivity contribution in [2.45, 2.75) is 58.0 Å². The molecule has 1 aliphatic carbocycles. The van der Waals surface area contributed by atoms with Gasteiger partial charge in [-0.2, -0.15) is 0 Å². The van der Waals surface area contributed by atoms with E-state index >= 15 is 0 Å². The van der Waals surface area contributed by atoms with Gasteiger partial charge in [0.25, 0.3) is 0 Å². The second-order valence-electron chi connectivity index (χ2n) is 8.85. The van der Waals surface area contributed by atoms with Crippen LogP contribution in [0, 0.1) is 24.6 Å². The Balaban J connectivity index is 1.49. The number of nitrogens with one attached hydrogen (secondary N) is 1. The maximum absolute atomic E-state index is 13.8. The summed E-state index contributed by atoms with van der Waals surface area (Å²) in [5.74, 6) is -0.307. The van der Waals surface area contributed by atoms with Crippen molar-refractivity contribution in [2.75, 3.05) is 6.54 Å². The standard InChI is InChI=1S/C25H30FN3O2/c1-17-13-20(8-10-22(17)26)23-11-9-21(16-29(23)25(31)19-6-2-3-7-19)24(30)28-15-18-5-4-12-27-14-18/h4-5,8,10,12-14,19,21,23H,2-3,6-7,9,11,15-16H2,1H3,(H,28,30)/t21-,23-/m1/s1. The zero-order valence-electron chi connectivity index (χ0n) is 18.0. The van der Waals surface area contributed by atoms with Crippen LogP contribution in [0.4, 0.5) is 4.39 Å². The average molecular weight is 424 g/mol. The number of benzene rings is 1. The lowest BCUT2D eigenvalue weighted by molar-refractivity contribution is -0.142. The predicted octanol–water partition coefficient (Wildman–Crippen LogP) is 4.32. The molecule has 31 heavy (non-hydrogen) atoms. The van der Waals surface area contributed by atoms with Gasteiger partial charge < -0.3 is 10.2 Å². The molecule has 0 spiro atoms. The molecule has 1 saturated carbocycles. The van der Waals surface area contributed by atoms with Crippen LogP contribution >= 0.6 is 0 Å². The minimum Gasteiger partial charge on any atom is -0.352 e. The molecule has 2 aliphatic rings. The fraction of sp³-hybridized carbons (Fsp3) is 0.480. The van der Waals surface area contributed by atoms with E-state index in [9.17, 15) is 14.0 Å². The van der Waals surface area contributed by atoms with Crippen molar-refractivity contribution in [2.24, 2.45) is 11.8 Å². The molecule has 6 heteroatoms. The zero-order chi connectivity index (χ0) is 21.8. The number of likely N-dealkylation sites (tertiary alicyclic amines) is 1. The van der Waals surface area contributed by atoms with Gasteiger partial charge in [0, 0.05) is 31.4 Å². The number of halogens is 1. The van der Waals surface area contributed by atoms with Crippen LogP contribution in [-0.4, -0.2) is 28.2 Å². The van der Waals surface area contributed by atoms with E-state index in [-0.39, 0.29) is 35.5 Å². The number of nitrogens with zero attached hydrogens (tertiary/aromatic N) is 2. The van der Waals surface area contributed by atoms with Crippen LogP contribution in [-0.2, 0) is 16.1 Å². The summed E-state index contributed by atoms with van der Waals surface area (Å²) in [6.45, 7) is 2.59. The highest BCUT2D eigenvalue weighted by Crippen LogP contribution is 2.37. The van der Waals surface area contributed by atoms with Gasteiger partial charge in [-0.25, -0.2) is 4.39 Å². The summed E-state index contributed by atoms with van der Waals surface area (Å²) < 4.78 is 13.8. The van der Waals surface area contributed by atoms with Crippen LogP contribution in [0.2, 0.25) is 0 Å². The summed E-state index contributed by atoms with van der Waals surface area (Å²) in [6.07, 6.45) is 8.85. The van der Waals surface area contributed by atoms with Crippen molar-refractivity contribution in [1.29, 1.82) is 0 Å². The lowest BCUT2D eigenvalue weighted by Crippen LogP contribution is -2.48. The summed E-state index contributed by atoms with van der Waals surface area (Å²) in [5, 5.41) is 3.00. The van der Waals surface area contributed by atoms with Gasteiger partial charge in [-0.3, -0.25) is 14.6 Å². The molecule has 164 valence electrons. The highest BCUT2D eigenvalue weighted by Gasteiger charge is 2.38. The van der Waals surface area contributed by atoms with E-state index in [1.54, 1.807) is 25.4 Å². The fourth-order valence-corrected chi connectivity index (χ4v) is 4.89. The van der Waals surface area contributed by atoms with Crippen LogP contribution in [0.25, 0.3) is 0 Å². The fourth-order valence-electron chi connectivity index (χ4n) is 4.89. The van der Waals surface area contributed by atoms with Crippen molar-refractivity contribution in [3.63, 3.8) is 0 Å². The number of carbonyl (C=O) groups is 2. The maximum atomic E-state index is 13.8. The van der Waals surface area contributed by atoms with Crippen molar-refractivity contribution in [3.05, 3.63) is 65.2 Å². The molecule has 1 aromatic carbocycles. The van der Waals surface area contributed by atoms with E-state index in [2.05, 4.69) is 10.3 Å². The second kappa shape index (κ2) is 9.58. The second-order valence-corrected chi connectivity index (χ2v) is 8.85. The summed E-state index contributed by atoms with van der Waals surface area (Å²) in [6, 6.07) is 8.78. The molecule has 2 atom stereocenters. The molecular weight excluding hydrogens is 393 g/mol. The van der Waals surface area contributed by atoms with E-state index in [4.69, 9.17) is 0 Å². The molecule has 1 saturated heterocycles.